The summed E-state index contributed by atoms with van der Waals surface area (Å²) in [6.45, 7) is 2.72. The average Bonchev–Trinajstić information content (AvgIpc) is 3.30. The lowest BCUT2D eigenvalue weighted by molar-refractivity contribution is 0.575. The molecule has 0 saturated carbocycles. The number of nitrogens with one attached hydrogen (secondary N) is 1. The zero-order chi connectivity index (χ0) is 17.1. The molecule has 7 heteroatoms. The molecule has 1 aromatic carbocycles. The van der Waals surface area contributed by atoms with Gasteiger partial charge in [0.2, 0.25) is 10.3 Å². The highest BCUT2D eigenvalue weighted by Crippen LogP contribution is 2.27. The highest BCUT2D eigenvalue weighted by Gasteiger charge is 2.16. The second-order valence-corrected chi connectivity index (χ2v) is 7.08. The lowest BCUT2D eigenvalue weighted by Gasteiger charge is -2.25. The molecule has 1 saturated heterocycles. The summed E-state index contributed by atoms with van der Waals surface area (Å²) in [6, 6.07) is 10.5. The fraction of sp³-hybridized carbons (Fsp3) is 0.333. The predicted octanol–water partition coefficient (Wildman–Crippen LogP) is 4.07. The molecule has 0 amide bonds. The minimum absolute atomic E-state index is 0.240. The van der Waals surface area contributed by atoms with E-state index in [9.17, 15) is 4.39 Å². The van der Waals surface area contributed by atoms with Gasteiger partial charge in [-0.1, -0.05) is 17.4 Å². The second-order valence-electron chi connectivity index (χ2n) is 6.15. The first-order valence-electron chi connectivity index (χ1n) is 8.54. The van der Waals surface area contributed by atoms with Crippen LogP contribution in [0.3, 0.4) is 0 Å². The van der Waals surface area contributed by atoms with Crippen LogP contribution < -0.4 is 10.2 Å². The van der Waals surface area contributed by atoms with Crippen molar-refractivity contribution < 1.29 is 4.39 Å². The van der Waals surface area contributed by atoms with Crippen LogP contribution in [0.2, 0.25) is 0 Å². The largest absolute Gasteiger partial charge is 0.379 e. The minimum Gasteiger partial charge on any atom is -0.379 e. The summed E-state index contributed by atoms with van der Waals surface area (Å²) in [5.74, 6) is -0.240. The van der Waals surface area contributed by atoms with Gasteiger partial charge in [0.15, 0.2) is 0 Å². The van der Waals surface area contributed by atoms with Crippen LogP contribution in [0, 0.1) is 5.82 Å². The smallest absolute Gasteiger partial charge is 0.218 e. The lowest BCUT2D eigenvalue weighted by atomic mass is 10.1. The van der Waals surface area contributed by atoms with Crippen molar-refractivity contribution in [3.05, 3.63) is 54.1 Å². The molecule has 4 rings (SSSR count). The third-order valence-corrected chi connectivity index (χ3v) is 5.35. The molecule has 2 aromatic heterocycles. The Labute approximate surface area is 150 Å². The summed E-state index contributed by atoms with van der Waals surface area (Å²) < 4.78 is 15.3. The zero-order valence-electron chi connectivity index (χ0n) is 13.9. The van der Waals surface area contributed by atoms with Crippen LogP contribution in [0.1, 0.15) is 25.0 Å². The van der Waals surface area contributed by atoms with E-state index in [0.29, 0.717) is 6.54 Å². The van der Waals surface area contributed by atoms with Gasteiger partial charge < -0.3 is 10.2 Å². The number of anilines is 2. The average molecular weight is 357 g/mol. The molecular formula is C18H20FN5S. The number of hydrogen-bond donors (Lipinski definition) is 1. The van der Waals surface area contributed by atoms with Crippen molar-refractivity contribution in [1.29, 1.82) is 0 Å². The van der Waals surface area contributed by atoms with Gasteiger partial charge in [-0.2, -0.15) is 0 Å². The first-order valence-corrected chi connectivity index (χ1v) is 9.36. The molecule has 1 aliphatic heterocycles. The Morgan fingerprint density at radius 1 is 1.04 bits per heavy atom. The van der Waals surface area contributed by atoms with E-state index in [0.717, 1.165) is 34.7 Å². The number of piperidine rings is 1. The van der Waals surface area contributed by atoms with Gasteiger partial charge in [0.05, 0.1) is 6.54 Å². The van der Waals surface area contributed by atoms with E-state index in [-0.39, 0.29) is 5.82 Å². The van der Waals surface area contributed by atoms with Gasteiger partial charge in [0, 0.05) is 30.7 Å². The molecule has 0 radical (unpaired) electrons. The van der Waals surface area contributed by atoms with Gasteiger partial charge in [-0.15, -0.1) is 10.2 Å². The Morgan fingerprint density at radius 3 is 2.72 bits per heavy atom. The van der Waals surface area contributed by atoms with Crippen LogP contribution in [-0.2, 0) is 6.54 Å². The summed E-state index contributed by atoms with van der Waals surface area (Å²) in [5.41, 5.74) is 1.82. The molecule has 1 fully saturated rings. The number of halogens is 1. The van der Waals surface area contributed by atoms with Crippen molar-refractivity contribution >= 4 is 22.2 Å². The van der Waals surface area contributed by atoms with Crippen molar-refractivity contribution in [1.82, 2.24) is 14.8 Å². The van der Waals surface area contributed by atoms with Crippen LogP contribution in [0.25, 0.3) is 5.13 Å². The molecule has 0 spiro atoms. The molecule has 1 N–H and O–H groups in total. The third-order valence-electron chi connectivity index (χ3n) is 4.37. The molecule has 0 atom stereocenters. The molecule has 1 aliphatic rings. The van der Waals surface area contributed by atoms with E-state index in [1.807, 2.05) is 29.0 Å². The summed E-state index contributed by atoms with van der Waals surface area (Å²) >= 11 is 1.61. The van der Waals surface area contributed by atoms with Crippen LogP contribution in [0.5, 0.6) is 0 Å². The van der Waals surface area contributed by atoms with Crippen molar-refractivity contribution in [3.8, 4) is 5.13 Å². The number of benzene rings is 1. The quantitative estimate of drug-likeness (QED) is 0.748. The standard InChI is InChI=1S/C18H20FN5S/c19-14-6-4-7-15(12-14)20-13-16-8-5-11-24(16)18-22-21-17(25-18)23-9-2-1-3-10-23/h4-8,11-12,20H,1-3,9-10,13H2. The fourth-order valence-corrected chi connectivity index (χ4v) is 3.97. The monoisotopic (exact) mass is 357 g/mol. The summed E-state index contributed by atoms with van der Waals surface area (Å²) in [5, 5.41) is 13.8. The van der Waals surface area contributed by atoms with E-state index >= 15 is 0 Å². The van der Waals surface area contributed by atoms with Gasteiger partial charge in [-0.25, -0.2) is 4.39 Å². The molecule has 3 heterocycles. The van der Waals surface area contributed by atoms with E-state index in [1.54, 1.807) is 17.4 Å². The van der Waals surface area contributed by atoms with Crippen LogP contribution in [-0.4, -0.2) is 27.9 Å². The number of hydrogen-bond acceptors (Lipinski definition) is 5. The van der Waals surface area contributed by atoms with Gasteiger partial charge in [-0.3, -0.25) is 4.57 Å². The first kappa shape index (κ1) is 16.1. The lowest BCUT2D eigenvalue weighted by Crippen LogP contribution is -2.29. The highest BCUT2D eigenvalue weighted by molar-refractivity contribution is 7.17. The molecule has 25 heavy (non-hydrogen) atoms. The Hall–Kier alpha value is -2.41. The maximum atomic E-state index is 13.3. The highest BCUT2D eigenvalue weighted by atomic mass is 32.1. The molecular weight excluding hydrogens is 337 g/mol. The molecule has 0 aliphatic carbocycles. The predicted molar refractivity (Wildman–Crippen MR) is 99.0 cm³/mol. The molecule has 5 nitrogen and oxygen atoms in total. The van der Waals surface area contributed by atoms with Crippen LogP contribution >= 0.6 is 11.3 Å². The van der Waals surface area contributed by atoms with Crippen molar-refractivity contribution in [3.63, 3.8) is 0 Å². The van der Waals surface area contributed by atoms with E-state index < -0.39 is 0 Å². The molecule has 0 bridgehead atoms. The van der Waals surface area contributed by atoms with Gasteiger partial charge in [0.1, 0.15) is 5.82 Å². The van der Waals surface area contributed by atoms with Crippen molar-refractivity contribution in [2.24, 2.45) is 0 Å². The number of aromatic nitrogens is 3. The van der Waals surface area contributed by atoms with E-state index in [4.69, 9.17) is 0 Å². The van der Waals surface area contributed by atoms with E-state index in [1.165, 1.54) is 31.4 Å². The van der Waals surface area contributed by atoms with Gasteiger partial charge in [-0.05, 0) is 49.6 Å². The Bertz CT molecular complexity index is 837. The third kappa shape index (κ3) is 3.66. The maximum Gasteiger partial charge on any atom is 0.218 e. The molecule has 0 unspecified atom stereocenters. The normalized spacial score (nSPS) is 14.7. The van der Waals surface area contributed by atoms with E-state index in [2.05, 4.69) is 20.4 Å². The van der Waals surface area contributed by atoms with Crippen LogP contribution in [0.15, 0.2) is 42.6 Å². The number of rotatable bonds is 5. The number of nitrogens with zero attached hydrogens (tertiary/aromatic N) is 4. The van der Waals surface area contributed by atoms with Crippen molar-refractivity contribution in [2.75, 3.05) is 23.3 Å². The minimum atomic E-state index is -0.240. The van der Waals surface area contributed by atoms with Crippen molar-refractivity contribution in [2.45, 2.75) is 25.8 Å². The SMILES string of the molecule is Fc1cccc(NCc2cccn2-c2nnc(N3CCCCC3)s2)c1. The summed E-state index contributed by atoms with van der Waals surface area (Å²) in [7, 11) is 0. The zero-order valence-corrected chi connectivity index (χ0v) is 14.7. The Balaban J connectivity index is 1.48. The fourth-order valence-electron chi connectivity index (χ4n) is 3.06. The maximum absolute atomic E-state index is 13.3. The summed E-state index contributed by atoms with van der Waals surface area (Å²) in [6.07, 6.45) is 5.74. The summed E-state index contributed by atoms with van der Waals surface area (Å²) in [4.78, 5) is 2.32. The van der Waals surface area contributed by atoms with Gasteiger partial charge >= 0.3 is 0 Å². The molecule has 3 aromatic rings. The van der Waals surface area contributed by atoms with Crippen LogP contribution in [0.4, 0.5) is 15.2 Å². The van der Waals surface area contributed by atoms with Gasteiger partial charge in [0.25, 0.3) is 0 Å². The Morgan fingerprint density at radius 2 is 1.88 bits per heavy atom. The molecule has 130 valence electrons. The first-order chi connectivity index (χ1) is 12.3. The topological polar surface area (TPSA) is 46.0 Å². The second kappa shape index (κ2) is 7.23. The Kier molecular flexibility index (Phi) is 4.65.